The highest BCUT2D eigenvalue weighted by Crippen LogP contribution is 2.11. The average Bonchev–Trinajstić information content (AvgIpc) is 2.55. The molecular formula is C16H24N4O3. The fraction of sp³-hybridized carbons (Fsp3) is 0.562. The number of benzene rings is 1. The van der Waals surface area contributed by atoms with Gasteiger partial charge in [0.1, 0.15) is 11.8 Å². The van der Waals surface area contributed by atoms with Gasteiger partial charge >= 0.3 is 5.97 Å². The largest absolute Gasteiger partial charge is 0.508 e. The molecule has 0 radical (unpaired) electrons. The number of hydrogen-bond donors (Lipinski definition) is 2. The van der Waals surface area contributed by atoms with Gasteiger partial charge in [-0.3, -0.25) is 4.79 Å². The fourth-order valence-corrected chi connectivity index (χ4v) is 2.11. The molecule has 0 bridgehead atoms. The van der Waals surface area contributed by atoms with E-state index in [0.29, 0.717) is 19.6 Å². The van der Waals surface area contributed by atoms with Gasteiger partial charge in [0.05, 0.1) is 6.61 Å². The highest BCUT2D eigenvalue weighted by molar-refractivity contribution is 5.75. The summed E-state index contributed by atoms with van der Waals surface area (Å²) in [7, 11) is 0. The zero-order valence-corrected chi connectivity index (χ0v) is 13.2. The number of esters is 1. The van der Waals surface area contributed by atoms with Crippen LogP contribution in [-0.4, -0.2) is 30.3 Å². The number of ether oxygens (including phenoxy) is 1. The maximum Gasteiger partial charge on any atom is 0.323 e. The number of hydrogen-bond acceptors (Lipinski definition) is 5. The van der Waals surface area contributed by atoms with Crippen molar-refractivity contribution in [1.29, 1.82) is 0 Å². The van der Waals surface area contributed by atoms with Crippen molar-refractivity contribution in [2.45, 2.75) is 44.6 Å². The second kappa shape index (κ2) is 11.3. The molecule has 0 aliphatic heterocycles. The number of phenols is 1. The van der Waals surface area contributed by atoms with Crippen molar-refractivity contribution in [2.75, 3.05) is 13.2 Å². The molecule has 0 spiro atoms. The molecule has 0 aliphatic carbocycles. The van der Waals surface area contributed by atoms with E-state index < -0.39 is 12.0 Å². The van der Waals surface area contributed by atoms with Crippen LogP contribution >= 0.6 is 0 Å². The van der Waals surface area contributed by atoms with E-state index in [9.17, 15) is 9.90 Å². The third-order valence-corrected chi connectivity index (χ3v) is 3.40. The monoisotopic (exact) mass is 320 g/mol. The van der Waals surface area contributed by atoms with E-state index >= 15 is 0 Å². The summed E-state index contributed by atoms with van der Waals surface area (Å²) < 4.78 is 5.16. The van der Waals surface area contributed by atoms with Crippen molar-refractivity contribution in [1.82, 2.24) is 0 Å². The highest BCUT2D eigenvalue weighted by atomic mass is 16.5. The highest BCUT2D eigenvalue weighted by Gasteiger charge is 2.15. The number of carbonyl (C=O) groups is 1. The lowest BCUT2D eigenvalue weighted by Crippen LogP contribution is -2.34. The normalized spacial score (nSPS) is 11.5. The molecular weight excluding hydrogens is 296 g/mol. The quantitative estimate of drug-likeness (QED) is 0.214. The molecule has 1 aromatic carbocycles. The molecule has 23 heavy (non-hydrogen) atoms. The molecule has 0 aliphatic rings. The summed E-state index contributed by atoms with van der Waals surface area (Å²) >= 11 is 0. The minimum atomic E-state index is -0.691. The molecule has 126 valence electrons. The number of phenolic OH excluding ortho intramolecular Hbond substituents is 1. The van der Waals surface area contributed by atoms with E-state index in [1.807, 2.05) is 0 Å². The maximum absolute atomic E-state index is 11.8. The molecule has 7 nitrogen and oxygen atoms in total. The molecule has 0 aromatic heterocycles. The molecule has 0 saturated carbocycles. The first-order valence-electron chi connectivity index (χ1n) is 7.84. The Labute approximate surface area is 136 Å². The Morgan fingerprint density at radius 2 is 1.87 bits per heavy atom. The van der Waals surface area contributed by atoms with E-state index in [1.165, 1.54) is 0 Å². The maximum atomic E-state index is 11.8. The summed E-state index contributed by atoms with van der Waals surface area (Å²) in [6.45, 7) is 0.913. The lowest BCUT2D eigenvalue weighted by atomic mass is 10.1. The lowest BCUT2D eigenvalue weighted by Gasteiger charge is -2.11. The van der Waals surface area contributed by atoms with Crippen molar-refractivity contribution < 1.29 is 14.6 Å². The first-order chi connectivity index (χ1) is 11.1. The smallest absolute Gasteiger partial charge is 0.323 e. The van der Waals surface area contributed by atoms with Crippen molar-refractivity contribution in [3.05, 3.63) is 40.3 Å². The van der Waals surface area contributed by atoms with Gasteiger partial charge in [0.15, 0.2) is 0 Å². The number of azide groups is 1. The summed E-state index contributed by atoms with van der Waals surface area (Å²) in [5, 5.41) is 12.7. The van der Waals surface area contributed by atoms with Gasteiger partial charge in [-0.25, -0.2) is 0 Å². The van der Waals surface area contributed by atoms with Crippen molar-refractivity contribution in [3.63, 3.8) is 0 Å². The van der Waals surface area contributed by atoms with Gasteiger partial charge in [-0.15, -0.1) is 0 Å². The predicted molar refractivity (Wildman–Crippen MR) is 87.8 cm³/mol. The summed E-state index contributed by atoms with van der Waals surface area (Å²) in [6, 6.07) is 5.91. The standard InChI is InChI=1S/C16H24N4O3/c17-15(12-13-6-8-14(21)9-7-13)16(22)23-11-5-3-1-2-4-10-19-20-18/h6-9,15,21H,1-5,10-12,17H2/t15-/m0/s1. The zero-order chi connectivity index (χ0) is 16.9. The van der Waals surface area contributed by atoms with Crippen molar-refractivity contribution in [3.8, 4) is 5.75 Å². The van der Waals surface area contributed by atoms with Crippen LogP contribution in [0.25, 0.3) is 10.4 Å². The number of nitrogens with zero attached hydrogens (tertiary/aromatic N) is 3. The van der Waals surface area contributed by atoms with Gasteiger partial charge in [0, 0.05) is 11.5 Å². The molecule has 0 unspecified atom stereocenters. The van der Waals surface area contributed by atoms with Gasteiger partial charge in [-0.1, -0.05) is 36.5 Å². The van der Waals surface area contributed by atoms with Gasteiger partial charge in [-0.2, -0.15) is 0 Å². The van der Waals surface area contributed by atoms with Crippen LogP contribution in [0.4, 0.5) is 0 Å². The molecule has 1 aromatic rings. The van der Waals surface area contributed by atoms with Crippen LogP contribution in [0.3, 0.4) is 0 Å². The van der Waals surface area contributed by atoms with Crippen molar-refractivity contribution >= 4 is 5.97 Å². The van der Waals surface area contributed by atoms with Crippen molar-refractivity contribution in [2.24, 2.45) is 10.8 Å². The summed E-state index contributed by atoms with van der Waals surface area (Å²) in [5.74, 6) is -0.217. The van der Waals surface area contributed by atoms with E-state index in [4.69, 9.17) is 16.0 Å². The Hall–Kier alpha value is -2.24. The number of rotatable bonds is 11. The van der Waals surface area contributed by atoms with Crippen LogP contribution < -0.4 is 5.73 Å². The predicted octanol–water partition coefficient (Wildman–Crippen LogP) is 3.07. The third kappa shape index (κ3) is 8.70. The van der Waals surface area contributed by atoms with E-state index in [-0.39, 0.29) is 5.75 Å². The molecule has 0 heterocycles. The Kier molecular flexibility index (Phi) is 9.28. The van der Waals surface area contributed by atoms with Crippen LogP contribution in [-0.2, 0) is 16.0 Å². The minimum Gasteiger partial charge on any atom is -0.508 e. The molecule has 0 amide bonds. The van der Waals surface area contributed by atoms with Gasteiger partial charge in [0.2, 0.25) is 0 Å². The summed E-state index contributed by atoms with van der Waals surface area (Å²) in [4.78, 5) is 14.5. The first kappa shape index (κ1) is 18.8. The lowest BCUT2D eigenvalue weighted by molar-refractivity contribution is -0.145. The van der Waals surface area contributed by atoms with Gasteiger partial charge in [-0.05, 0) is 42.5 Å². The topological polar surface area (TPSA) is 121 Å². The molecule has 0 saturated heterocycles. The molecule has 3 N–H and O–H groups in total. The SMILES string of the molecule is [N-]=[N+]=NCCCCCCCOC(=O)[C@@H](N)Cc1ccc(O)cc1. The molecule has 1 atom stereocenters. The molecule has 0 fully saturated rings. The van der Waals surface area contributed by atoms with Crippen LogP contribution in [0.2, 0.25) is 0 Å². The Balaban J connectivity index is 2.08. The number of unbranched alkanes of at least 4 members (excludes halogenated alkanes) is 4. The van der Waals surface area contributed by atoms with E-state index in [1.54, 1.807) is 24.3 Å². The number of aromatic hydroxyl groups is 1. The van der Waals surface area contributed by atoms with E-state index in [0.717, 1.165) is 37.7 Å². The first-order valence-corrected chi connectivity index (χ1v) is 7.84. The summed E-state index contributed by atoms with van der Waals surface area (Å²) in [6.07, 6.45) is 5.08. The van der Waals surface area contributed by atoms with E-state index in [2.05, 4.69) is 10.0 Å². The van der Waals surface area contributed by atoms with Gasteiger partial charge < -0.3 is 15.6 Å². The van der Waals surface area contributed by atoms with Crippen LogP contribution in [0.15, 0.2) is 29.4 Å². The van der Waals surface area contributed by atoms with Gasteiger partial charge in [0.25, 0.3) is 0 Å². The molecule has 7 heteroatoms. The zero-order valence-electron chi connectivity index (χ0n) is 13.2. The third-order valence-electron chi connectivity index (χ3n) is 3.40. The minimum absolute atomic E-state index is 0.185. The second-order valence-electron chi connectivity index (χ2n) is 5.37. The average molecular weight is 320 g/mol. The Morgan fingerprint density at radius 3 is 2.57 bits per heavy atom. The van der Waals surface area contributed by atoms with Crippen LogP contribution in [0.1, 0.15) is 37.7 Å². The second-order valence-corrected chi connectivity index (χ2v) is 5.37. The Bertz CT molecular complexity index is 513. The number of carbonyl (C=O) groups excluding carboxylic acids is 1. The Morgan fingerprint density at radius 1 is 1.22 bits per heavy atom. The number of nitrogens with two attached hydrogens (primary N) is 1. The summed E-state index contributed by atoms with van der Waals surface area (Å²) in [5.41, 5.74) is 14.8. The fourth-order valence-electron chi connectivity index (χ4n) is 2.11. The van der Waals surface area contributed by atoms with Crippen LogP contribution in [0, 0.1) is 0 Å². The van der Waals surface area contributed by atoms with Crippen LogP contribution in [0.5, 0.6) is 5.75 Å². The molecule has 1 rings (SSSR count).